The lowest BCUT2D eigenvalue weighted by Crippen LogP contribution is -2.39. The number of Topliss-reactive ketones (excluding diaryl/α,β-unsaturated/α-hetero) is 1. The lowest BCUT2D eigenvalue weighted by atomic mass is 9.92. The SMILES string of the molecule is CC#CC[C@@H](NC1=CC(=O)c2ccccc2C1=O)C(=O)O. The fourth-order valence-electron chi connectivity index (χ4n) is 2.01. The number of fused-ring (bicyclic) bond motifs is 1. The van der Waals surface area contributed by atoms with Crippen LogP contribution < -0.4 is 5.32 Å². The largest absolute Gasteiger partial charge is 0.480 e. The van der Waals surface area contributed by atoms with Crippen LogP contribution in [0.2, 0.25) is 0 Å². The Balaban J connectivity index is 2.28. The summed E-state index contributed by atoms with van der Waals surface area (Å²) in [6.07, 6.45) is 1.19. The molecule has 1 aliphatic rings. The number of carbonyl (C=O) groups is 3. The van der Waals surface area contributed by atoms with Crippen molar-refractivity contribution in [3.8, 4) is 11.8 Å². The monoisotopic (exact) mass is 283 g/mol. The smallest absolute Gasteiger partial charge is 0.327 e. The Morgan fingerprint density at radius 1 is 1.29 bits per heavy atom. The molecule has 106 valence electrons. The molecule has 2 rings (SSSR count). The van der Waals surface area contributed by atoms with Gasteiger partial charge in [-0.15, -0.1) is 11.8 Å². The maximum atomic E-state index is 12.3. The molecule has 1 aromatic rings. The number of allylic oxidation sites excluding steroid dienone is 2. The van der Waals surface area contributed by atoms with Gasteiger partial charge in [-0.2, -0.15) is 0 Å². The molecule has 0 aliphatic heterocycles. The average molecular weight is 283 g/mol. The molecule has 1 atom stereocenters. The second-order valence-electron chi connectivity index (χ2n) is 4.46. The lowest BCUT2D eigenvalue weighted by molar-refractivity contribution is -0.139. The molecule has 0 heterocycles. The summed E-state index contributed by atoms with van der Waals surface area (Å²) < 4.78 is 0. The van der Waals surface area contributed by atoms with Gasteiger partial charge < -0.3 is 10.4 Å². The van der Waals surface area contributed by atoms with Crippen LogP contribution in [0.15, 0.2) is 36.0 Å². The van der Waals surface area contributed by atoms with Crippen molar-refractivity contribution < 1.29 is 19.5 Å². The van der Waals surface area contributed by atoms with Crippen molar-refractivity contribution in [3.63, 3.8) is 0 Å². The number of rotatable bonds is 4. The Hall–Kier alpha value is -2.87. The average Bonchev–Trinajstić information content (AvgIpc) is 2.48. The fourth-order valence-corrected chi connectivity index (χ4v) is 2.01. The van der Waals surface area contributed by atoms with Crippen molar-refractivity contribution in [1.82, 2.24) is 5.32 Å². The van der Waals surface area contributed by atoms with E-state index in [0.717, 1.165) is 6.08 Å². The fraction of sp³-hybridized carbons (Fsp3) is 0.188. The van der Waals surface area contributed by atoms with E-state index in [1.165, 1.54) is 0 Å². The van der Waals surface area contributed by atoms with Crippen LogP contribution in [0, 0.1) is 11.8 Å². The summed E-state index contributed by atoms with van der Waals surface area (Å²) in [5.41, 5.74) is 0.593. The molecule has 2 N–H and O–H groups in total. The van der Waals surface area contributed by atoms with E-state index < -0.39 is 12.0 Å². The third kappa shape index (κ3) is 3.00. The number of carboxylic acid groups (broad SMARTS) is 1. The molecule has 0 radical (unpaired) electrons. The molecular formula is C16H13NO4. The predicted molar refractivity (Wildman–Crippen MR) is 75.8 cm³/mol. The second kappa shape index (κ2) is 6.06. The summed E-state index contributed by atoms with van der Waals surface area (Å²) in [5, 5.41) is 11.7. The van der Waals surface area contributed by atoms with Gasteiger partial charge in [-0.3, -0.25) is 9.59 Å². The number of ketones is 2. The maximum absolute atomic E-state index is 12.3. The van der Waals surface area contributed by atoms with E-state index in [0.29, 0.717) is 5.56 Å². The van der Waals surface area contributed by atoms with Gasteiger partial charge in [-0.25, -0.2) is 4.79 Å². The first kappa shape index (κ1) is 14.5. The van der Waals surface area contributed by atoms with Crippen molar-refractivity contribution >= 4 is 17.5 Å². The number of aliphatic carboxylic acids is 1. The summed E-state index contributed by atoms with van der Waals surface area (Å²) in [7, 11) is 0. The normalized spacial score (nSPS) is 14.4. The molecule has 0 bridgehead atoms. The van der Waals surface area contributed by atoms with Crippen molar-refractivity contribution in [2.45, 2.75) is 19.4 Å². The molecule has 0 saturated heterocycles. The van der Waals surface area contributed by atoms with Gasteiger partial charge in [0, 0.05) is 23.6 Å². The van der Waals surface area contributed by atoms with E-state index in [-0.39, 0.29) is 29.2 Å². The predicted octanol–water partition coefficient (Wildman–Crippen LogP) is 1.41. The highest BCUT2D eigenvalue weighted by molar-refractivity contribution is 6.24. The number of hydrogen-bond acceptors (Lipinski definition) is 4. The molecule has 0 fully saturated rings. The first-order valence-corrected chi connectivity index (χ1v) is 6.33. The Bertz CT molecular complexity index is 706. The standard InChI is InChI=1S/C16H13NO4/c1-2-3-8-12(16(20)21)17-13-9-14(18)10-6-4-5-7-11(10)15(13)19/h4-7,9,12,17H,8H2,1H3,(H,20,21)/t12-/m1/s1. The van der Waals surface area contributed by atoms with Crippen LogP contribution in [-0.4, -0.2) is 28.7 Å². The molecule has 0 saturated carbocycles. The summed E-state index contributed by atoms with van der Waals surface area (Å²) in [4.78, 5) is 35.4. The highest BCUT2D eigenvalue weighted by Gasteiger charge is 2.28. The topological polar surface area (TPSA) is 83.5 Å². The van der Waals surface area contributed by atoms with E-state index in [1.54, 1.807) is 31.2 Å². The van der Waals surface area contributed by atoms with Crippen LogP contribution in [-0.2, 0) is 4.79 Å². The quantitative estimate of drug-likeness (QED) is 0.816. The third-order valence-electron chi connectivity index (χ3n) is 3.07. The molecule has 1 aliphatic carbocycles. The van der Waals surface area contributed by atoms with Gasteiger partial charge in [-0.1, -0.05) is 24.3 Å². The van der Waals surface area contributed by atoms with E-state index >= 15 is 0 Å². The van der Waals surface area contributed by atoms with Gasteiger partial charge in [0.05, 0.1) is 5.70 Å². The molecule has 5 nitrogen and oxygen atoms in total. The molecule has 0 unspecified atom stereocenters. The van der Waals surface area contributed by atoms with Crippen molar-refractivity contribution in [2.24, 2.45) is 0 Å². The second-order valence-corrected chi connectivity index (χ2v) is 4.46. The number of benzene rings is 1. The number of carboxylic acids is 1. The zero-order valence-corrected chi connectivity index (χ0v) is 11.3. The Morgan fingerprint density at radius 2 is 1.95 bits per heavy atom. The minimum absolute atomic E-state index is 0.0102. The number of hydrogen-bond donors (Lipinski definition) is 2. The lowest BCUT2D eigenvalue weighted by Gasteiger charge is -2.19. The highest BCUT2D eigenvalue weighted by atomic mass is 16.4. The zero-order valence-electron chi connectivity index (χ0n) is 11.3. The maximum Gasteiger partial charge on any atom is 0.327 e. The van der Waals surface area contributed by atoms with Crippen LogP contribution in [0.5, 0.6) is 0 Å². The number of nitrogens with one attached hydrogen (secondary N) is 1. The van der Waals surface area contributed by atoms with Gasteiger partial charge in [0.25, 0.3) is 0 Å². The van der Waals surface area contributed by atoms with Crippen molar-refractivity contribution in [3.05, 3.63) is 47.2 Å². The number of carbonyl (C=O) groups excluding carboxylic acids is 2. The summed E-state index contributed by atoms with van der Waals surface area (Å²) >= 11 is 0. The summed E-state index contributed by atoms with van der Waals surface area (Å²) in [6.45, 7) is 1.60. The van der Waals surface area contributed by atoms with Crippen molar-refractivity contribution in [2.75, 3.05) is 0 Å². The molecule has 0 amide bonds. The van der Waals surface area contributed by atoms with Crippen LogP contribution in [0.4, 0.5) is 0 Å². The minimum atomic E-state index is -1.13. The van der Waals surface area contributed by atoms with Crippen LogP contribution in [0.3, 0.4) is 0 Å². The minimum Gasteiger partial charge on any atom is -0.480 e. The molecule has 5 heteroatoms. The Labute approximate surface area is 121 Å². The molecule has 0 spiro atoms. The van der Waals surface area contributed by atoms with E-state index in [4.69, 9.17) is 5.11 Å². The molecular weight excluding hydrogens is 270 g/mol. The van der Waals surface area contributed by atoms with Gasteiger partial charge >= 0.3 is 5.97 Å². The third-order valence-corrected chi connectivity index (χ3v) is 3.07. The molecule has 0 aromatic heterocycles. The van der Waals surface area contributed by atoms with Gasteiger partial charge in [0.1, 0.15) is 6.04 Å². The summed E-state index contributed by atoms with van der Waals surface area (Å²) in [6, 6.07) is 5.41. The summed E-state index contributed by atoms with van der Waals surface area (Å²) in [5.74, 6) is 3.41. The first-order valence-electron chi connectivity index (χ1n) is 6.33. The molecule has 21 heavy (non-hydrogen) atoms. The zero-order chi connectivity index (χ0) is 15.4. The van der Waals surface area contributed by atoms with Gasteiger partial charge in [0.2, 0.25) is 5.78 Å². The van der Waals surface area contributed by atoms with E-state index in [2.05, 4.69) is 17.2 Å². The van der Waals surface area contributed by atoms with Crippen molar-refractivity contribution in [1.29, 1.82) is 0 Å². The molecule has 1 aromatic carbocycles. The first-order chi connectivity index (χ1) is 10.0. The Morgan fingerprint density at radius 3 is 2.57 bits per heavy atom. The van der Waals surface area contributed by atoms with Gasteiger partial charge in [-0.05, 0) is 6.92 Å². The van der Waals surface area contributed by atoms with E-state index in [9.17, 15) is 14.4 Å². The van der Waals surface area contributed by atoms with E-state index in [1.807, 2.05) is 0 Å². The van der Waals surface area contributed by atoms with Gasteiger partial charge in [0.15, 0.2) is 5.78 Å². The van der Waals surface area contributed by atoms with Crippen LogP contribution in [0.25, 0.3) is 0 Å². The van der Waals surface area contributed by atoms with Crippen LogP contribution >= 0.6 is 0 Å². The van der Waals surface area contributed by atoms with Crippen LogP contribution in [0.1, 0.15) is 34.1 Å². The highest BCUT2D eigenvalue weighted by Crippen LogP contribution is 2.20. The Kier molecular flexibility index (Phi) is 4.19.